The van der Waals surface area contributed by atoms with Gasteiger partial charge in [0.05, 0.1) is 6.04 Å². The van der Waals surface area contributed by atoms with E-state index >= 15 is 0 Å². The number of nitrogens with two attached hydrogens (primary N) is 2. The lowest BCUT2D eigenvalue weighted by molar-refractivity contribution is -0.122. The maximum absolute atomic E-state index is 11.6. The third-order valence-electron chi connectivity index (χ3n) is 3.14. The summed E-state index contributed by atoms with van der Waals surface area (Å²) in [5, 5.41) is 2.91. The van der Waals surface area contributed by atoms with Crippen LogP contribution in [0.2, 0.25) is 0 Å². The van der Waals surface area contributed by atoms with Crippen molar-refractivity contribution in [2.75, 3.05) is 13.1 Å². The predicted octanol–water partition coefficient (Wildman–Crippen LogP) is 1.92. The summed E-state index contributed by atoms with van der Waals surface area (Å²) in [6.45, 7) is 3.65. The van der Waals surface area contributed by atoms with E-state index in [1.807, 2.05) is 0 Å². The quantitative estimate of drug-likeness (QED) is 0.467. The van der Waals surface area contributed by atoms with E-state index in [0.29, 0.717) is 6.54 Å². The van der Waals surface area contributed by atoms with E-state index in [9.17, 15) is 4.79 Å². The lowest BCUT2D eigenvalue weighted by Crippen LogP contribution is -2.40. The monoisotopic (exact) mass is 257 g/mol. The Balaban J connectivity index is 3.35. The Hall–Kier alpha value is -0.610. The van der Waals surface area contributed by atoms with E-state index < -0.39 is 0 Å². The molecule has 0 aliphatic carbocycles. The molecule has 0 aromatic heterocycles. The van der Waals surface area contributed by atoms with Crippen molar-refractivity contribution < 1.29 is 4.79 Å². The lowest BCUT2D eigenvalue weighted by Gasteiger charge is -2.11. The maximum atomic E-state index is 11.6. The van der Waals surface area contributed by atoms with Crippen LogP contribution in [-0.2, 0) is 4.79 Å². The molecule has 0 heterocycles. The Kier molecular flexibility index (Phi) is 12.4. The minimum atomic E-state index is -0.364. The largest absolute Gasteiger partial charge is 0.355 e. The zero-order valence-electron chi connectivity index (χ0n) is 11.9. The van der Waals surface area contributed by atoms with Gasteiger partial charge in [0.15, 0.2) is 0 Å². The van der Waals surface area contributed by atoms with Crippen LogP contribution in [0.25, 0.3) is 0 Å². The van der Waals surface area contributed by atoms with Gasteiger partial charge in [0.1, 0.15) is 0 Å². The second-order valence-corrected chi connectivity index (χ2v) is 4.95. The van der Waals surface area contributed by atoms with Crippen molar-refractivity contribution in [2.45, 2.75) is 70.8 Å². The van der Waals surface area contributed by atoms with Crippen molar-refractivity contribution in [1.29, 1.82) is 0 Å². The SMILES string of the molecule is CCCCCCCCNC(=O)[C@@H](N)CCCCN. The summed E-state index contributed by atoms with van der Waals surface area (Å²) in [6.07, 6.45) is 10.0. The molecule has 108 valence electrons. The average Bonchev–Trinajstić information content (AvgIpc) is 2.37. The van der Waals surface area contributed by atoms with Crippen LogP contribution in [-0.4, -0.2) is 25.0 Å². The zero-order valence-corrected chi connectivity index (χ0v) is 11.9. The van der Waals surface area contributed by atoms with Crippen LogP contribution in [0.4, 0.5) is 0 Å². The molecule has 1 atom stereocenters. The van der Waals surface area contributed by atoms with Crippen LogP contribution in [0.5, 0.6) is 0 Å². The van der Waals surface area contributed by atoms with Crippen LogP contribution in [0.15, 0.2) is 0 Å². The predicted molar refractivity (Wildman–Crippen MR) is 77.3 cm³/mol. The maximum Gasteiger partial charge on any atom is 0.236 e. The van der Waals surface area contributed by atoms with E-state index in [0.717, 1.165) is 32.2 Å². The van der Waals surface area contributed by atoms with Gasteiger partial charge in [0.25, 0.3) is 0 Å². The molecule has 0 unspecified atom stereocenters. The molecule has 0 spiro atoms. The molecule has 18 heavy (non-hydrogen) atoms. The van der Waals surface area contributed by atoms with Gasteiger partial charge in [-0.1, -0.05) is 45.4 Å². The molecule has 0 radical (unpaired) electrons. The summed E-state index contributed by atoms with van der Waals surface area (Å²) in [5.41, 5.74) is 11.2. The molecule has 0 saturated heterocycles. The lowest BCUT2D eigenvalue weighted by atomic mass is 10.1. The van der Waals surface area contributed by atoms with Crippen molar-refractivity contribution >= 4 is 5.91 Å². The highest BCUT2D eigenvalue weighted by Gasteiger charge is 2.11. The minimum Gasteiger partial charge on any atom is -0.355 e. The Morgan fingerprint density at radius 1 is 1.06 bits per heavy atom. The second kappa shape index (κ2) is 12.8. The highest BCUT2D eigenvalue weighted by Crippen LogP contribution is 2.04. The topological polar surface area (TPSA) is 81.1 Å². The molecule has 0 aromatic rings. The van der Waals surface area contributed by atoms with E-state index in [1.165, 1.54) is 32.1 Å². The molecular weight excluding hydrogens is 226 g/mol. The summed E-state index contributed by atoms with van der Waals surface area (Å²) in [6, 6.07) is -0.364. The highest BCUT2D eigenvalue weighted by atomic mass is 16.2. The van der Waals surface area contributed by atoms with Crippen molar-refractivity contribution in [3.8, 4) is 0 Å². The van der Waals surface area contributed by atoms with E-state index in [1.54, 1.807) is 0 Å². The third kappa shape index (κ3) is 10.5. The molecule has 1 amide bonds. The van der Waals surface area contributed by atoms with Gasteiger partial charge in [-0.3, -0.25) is 4.79 Å². The summed E-state index contributed by atoms with van der Waals surface area (Å²) in [7, 11) is 0. The Morgan fingerprint density at radius 3 is 2.39 bits per heavy atom. The third-order valence-corrected chi connectivity index (χ3v) is 3.14. The highest BCUT2D eigenvalue weighted by molar-refractivity contribution is 5.81. The van der Waals surface area contributed by atoms with Gasteiger partial charge in [-0.05, 0) is 25.8 Å². The number of hydrogen-bond acceptors (Lipinski definition) is 3. The fourth-order valence-electron chi connectivity index (χ4n) is 1.89. The molecular formula is C14H31N3O. The van der Waals surface area contributed by atoms with Gasteiger partial charge in [-0.25, -0.2) is 0 Å². The number of carbonyl (C=O) groups is 1. The number of unbranched alkanes of at least 4 members (excludes halogenated alkanes) is 6. The fraction of sp³-hybridized carbons (Fsp3) is 0.929. The number of rotatable bonds is 12. The standard InChI is InChI=1S/C14H31N3O/c1-2-3-4-5-6-9-12-17-14(18)13(16)10-7-8-11-15/h13H,2-12,15-16H2,1H3,(H,17,18)/t13-/m0/s1. The molecule has 0 fully saturated rings. The van der Waals surface area contributed by atoms with Gasteiger partial charge >= 0.3 is 0 Å². The molecule has 0 bridgehead atoms. The summed E-state index contributed by atoms with van der Waals surface area (Å²) < 4.78 is 0. The van der Waals surface area contributed by atoms with E-state index in [2.05, 4.69) is 12.2 Å². The minimum absolute atomic E-state index is 0.0134. The Bertz CT molecular complexity index is 197. The average molecular weight is 257 g/mol. The molecule has 5 N–H and O–H groups in total. The van der Waals surface area contributed by atoms with Crippen molar-refractivity contribution in [3.05, 3.63) is 0 Å². The van der Waals surface area contributed by atoms with Crippen molar-refractivity contribution in [3.63, 3.8) is 0 Å². The first-order valence-corrected chi connectivity index (χ1v) is 7.45. The Morgan fingerprint density at radius 2 is 1.72 bits per heavy atom. The molecule has 0 aromatic carbocycles. The smallest absolute Gasteiger partial charge is 0.236 e. The van der Waals surface area contributed by atoms with E-state index in [-0.39, 0.29) is 11.9 Å². The number of carbonyl (C=O) groups excluding carboxylic acids is 1. The summed E-state index contributed by atoms with van der Waals surface area (Å²) in [5.74, 6) is -0.0134. The van der Waals surface area contributed by atoms with Gasteiger partial charge in [-0.15, -0.1) is 0 Å². The first-order chi connectivity index (χ1) is 8.72. The molecule has 0 aliphatic heterocycles. The van der Waals surface area contributed by atoms with Crippen LogP contribution >= 0.6 is 0 Å². The van der Waals surface area contributed by atoms with Crippen molar-refractivity contribution in [2.24, 2.45) is 11.5 Å². The van der Waals surface area contributed by atoms with Crippen LogP contribution in [0.1, 0.15) is 64.7 Å². The van der Waals surface area contributed by atoms with Crippen molar-refractivity contribution in [1.82, 2.24) is 5.32 Å². The van der Waals surface area contributed by atoms with Crippen LogP contribution in [0.3, 0.4) is 0 Å². The molecule has 0 aliphatic rings. The normalized spacial score (nSPS) is 12.4. The summed E-state index contributed by atoms with van der Waals surface area (Å²) >= 11 is 0. The van der Waals surface area contributed by atoms with Gasteiger partial charge in [-0.2, -0.15) is 0 Å². The van der Waals surface area contributed by atoms with Crippen LogP contribution in [0, 0.1) is 0 Å². The Labute approximate surface area is 112 Å². The number of nitrogens with one attached hydrogen (secondary N) is 1. The van der Waals surface area contributed by atoms with Crippen LogP contribution < -0.4 is 16.8 Å². The zero-order chi connectivity index (χ0) is 13.6. The number of hydrogen-bond donors (Lipinski definition) is 3. The first kappa shape index (κ1) is 17.4. The fourth-order valence-corrected chi connectivity index (χ4v) is 1.89. The molecule has 4 heteroatoms. The van der Waals surface area contributed by atoms with Gasteiger partial charge in [0, 0.05) is 6.54 Å². The first-order valence-electron chi connectivity index (χ1n) is 7.45. The second-order valence-electron chi connectivity index (χ2n) is 4.95. The molecule has 4 nitrogen and oxygen atoms in total. The summed E-state index contributed by atoms with van der Waals surface area (Å²) in [4.78, 5) is 11.6. The molecule has 0 rings (SSSR count). The molecule has 0 saturated carbocycles. The van der Waals surface area contributed by atoms with Gasteiger partial charge in [0.2, 0.25) is 5.91 Å². The number of amides is 1. The van der Waals surface area contributed by atoms with E-state index in [4.69, 9.17) is 11.5 Å². The van der Waals surface area contributed by atoms with Gasteiger partial charge < -0.3 is 16.8 Å².